The molecule has 6 heteroatoms. The number of hydrogen-bond acceptors (Lipinski definition) is 5. The first-order chi connectivity index (χ1) is 9.35. The third-order valence-electron chi connectivity index (χ3n) is 2.45. The second-order valence-corrected chi connectivity index (χ2v) is 4.48. The van der Waals surface area contributed by atoms with E-state index in [-0.39, 0.29) is 11.7 Å². The van der Waals surface area contributed by atoms with Gasteiger partial charge in [0.25, 0.3) is 5.91 Å². The monoisotopic (exact) mass is 281 g/mol. The van der Waals surface area contributed by atoms with Crippen LogP contribution in [-0.4, -0.2) is 31.2 Å². The van der Waals surface area contributed by atoms with Crippen molar-refractivity contribution in [3.8, 4) is 11.5 Å². The van der Waals surface area contributed by atoms with Crippen molar-refractivity contribution >= 4 is 11.9 Å². The summed E-state index contributed by atoms with van der Waals surface area (Å²) in [5.74, 6) is -0.405. The van der Waals surface area contributed by atoms with Crippen LogP contribution in [0, 0.1) is 0 Å². The molecule has 1 aromatic carbocycles. The maximum absolute atomic E-state index is 11.8. The molecule has 0 spiro atoms. The van der Waals surface area contributed by atoms with Gasteiger partial charge in [0.05, 0.1) is 18.8 Å². The highest BCUT2D eigenvalue weighted by atomic mass is 16.5. The fourth-order valence-corrected chi connectivity index (χ4v) is 1.43. The van der Waals surface area contributed by atoms with Crippen molar-refractivity contribution in [2.75, 3.05) is 7.11 Å². The van der Waals surface area contributed by atoms with Gasteiger partial charge in [-0.2, -0.15) is 0 Å². The van der Waals surface area contributed by atoms with E-state index in [9.17, 15) is 9.59 Å². The van der Waals surface area contributed by atoms with Crippen molar-refractivity contribution in [3.05, 3.63) is 23.8 Å². The topological polar surface area (TPSA) is 87.9 Å². The molecule has 0 aliphatic carbocycles. The zero-order valence-electron chi connectivity index (χ0n) is 12.0. The Balaban J connectivity index is 2.92. The van der Waals surface area contributed by atoms with Crippen molar-refractivity contribution in [2.45, 2.75) is 33.0 Å². The van der Waals surface area contributed by atoms with E-state index >= 15 is 0 Å². The fourth-order valence-electron chi connectivity index (χ4n) is 1.43. The summed E-state index contributed by atoms with van der Waals surface area (Å²) in [5, 5.41) is 0. The third-order valence-corrected chi connectivity index (χ3v) is 2.45. The Kier molecular flexibility index (Phi) is 5.37. The number of hydrogen-bond donors (Lipinski definition) is 1. The Hall–Kier alpha value is -2.24. The molecule has 1 amide bonds. The molecule has 110 valence electrons. The number of carbonyl (C=O) groups excluding carboxylic acids is 2. The lowest BCUT2D eigenvalue weighted by molar-refractivity contribution is -0.125. The van der Waals surface area contributed by atoms with Crippen LogP contribution in [-0.2, 0) is 9.53 Å². The van der Waals surface area contributed by atoms with E-state index in [1.54, 1.807) is 6.07 Å². The number of amides is 1. The van der Waals surface area contributed by atoms with Gasteiger partial charge >= 0.3 is 5.97 Å². The van der Waals surface area contributed by atoms with E-state index in [1.807, 2.05) is 13.8 Å². The van der Waals surface area contributed by atoms with Gasteiger partial charge in [-0.15, -0.1) is 0 Å². The Morgan fingerprint density at radius 3 is 2.30 bits per heavy atom. The highest BCUT2D eigenvalue weighted by molar-refractivity contribution is 5.92. The van der Waals surface area contributed by atoms with Gasteiger partial charge in [0.1, 0.15) is 0 Å². The van der Waals surface area contributed by atoms with Crippen LogP contribution in [0.3, 0.4) is 0 Å². The number of rotatable bonds is 6. The van der Waals surface area contributed by atoms with Gasteiger partial charge in [-0.05, 0) is 39.0 Å². The zero-order chi connectivity index (χ0) is 15.3. The summed E-state index contributed by atoms with van der Waals surface area (Å²) >= 11 is 0. The maximum Gasteiger partial charge on any atom is 0.339 e. The van der Waals surface area contributed by atoms with Crippen LogP contribution >= 0.6 is 0 Å². The van der Waals surface area contributed by atoms with Crippen molar-refractivity contribution < 1.29 is 23.8 Å². The number of nitrogens with two attached hydrogens (primary N) is 1. The molecule has 0 saturated heterocycles. The molecular weight excluding hydrogens is 262 g/mol. The first-order valence-electron chi connectivity index (χ1n) is 6.20. The van der Waals surface area contributed by atoms with Crippen LogP contribution in [0.2, 0.25) is 0 Å². The average molecular weight is 281 g/mol. The minimum absolute atomic E-state index is 0.0171. The van der Waals surface area contributed by atoms with Crippen LogP contribution < -0.4 is 15.2 Å². The quantitative estimate of drug-likeness (QED) is 0.798. The number of carbonyl (C=O) groups is 2. The molecule has 0 saturated carbocycles. The molecule has 0 bridgehead atoms. The maximum atomic E-state index is 11.8. The predicted octanol–water partition coefficient (Wildman–Crippen LogP) is 1.51. The van der Waals surface area contributed by atoms with Crippen molar-refractivity contribution in [3.63, 3.8) is 0 Å². The standard InChI is InChI=1S/C14H19NO5/c1-8(2)19-11-6-5-10(7-12(11)18-4)14(17)20-9(3)13(15)16/h5-9H,1-4H3,(H2,15,16). The Labute approximate surface area is 117 Å². The summed E-state index contributed by atoms with van der Waals surface area (Å²) in [7, 11) is 1.48. The molecule has 1 rings (SSSR count). The molecule has 0 aliphatic rings. The van der Waals surface area contributed by atoms with E-state index in [0.29, 0.717) is 11.5 Å². The van der Waals surface area contributed by atoms with Crippen LogP contribution in [0.1, 0.15) is 31.1 Å². The minimum atomic E-state index is -0.986. The summed E-state index contributed by atoms with van der Waals surface area (Å²) in [5.41, 5.74) is 5.29. The molecule has 0 aliphatic heterocycles. The molecule has 1 unspecified atom stereocenters. The highest BCUT2D eigenvalue weighted by Crippen LogP contribution is 2.29. The summed E-state index contributed by atoms with van der Waals surface area (Å²) < 4.78 is 15.6. The van der Waals surface area contributed by atoms with Crippen molar-refractivity contribution in [1.82, 2.24) is 0 Å². The smallest absolute Gasteiger partial charge is 0.339 e. The number of primary amides is 1. The lowest BCUT2D eigenvalue weighted by Crippen LogP contribution is -2.30. The first-order valence-corrected chi connectivity index (χ1v) is 6.20. The molecule has 2 N–H and O–H groups in total. The number of methoxy groups -OCH3 is 1. The lowest BCUT2D eigenvalue weighted by atomic mass is 10.2. The predicted molar refractivity (Wildman–Crippen MR) is 72.8 cm³/mol. The van der Waals surface area contributed by atoms with Gasteiger partial charge in [0, 0.05) is 0 Å². The summed E-state index contributed by atoms with van der Waals surface area (Å²) in [6.07, 6.45) is -1.00. The van der Waals surface area contributed by atoms with Crippen molar-refractivity contribution in [2.24, 2.45) is 5.73 Å². The Bertz CT molecular complexity index is 498. The lowest BCUT2D eigenvalue weighted by Gasteiger charge is -2.15. The SMILES string of the molecule is COc1cc(C(=O)OC(C)C(N)=O)ccc1OC(C)C. The molecule has 0 aromatic heterocycles. The zero-order valence-corrected chi connectivity index (χ0v) is 12.0. The van der Waals surface area contributed by atoms with E-state index in [4.69, 9.17) is 19.9 Å². The number of esters is 1. The second kappa shape index (κ2) is 6.79. The minimum Gasteiger partial charge on any atom is -0.493 e. The summed E-state index contributed by atoms with van der Waals surface area (Å²) in [6.45, 7) is 5.18. The number of ether oxygens (including phenoxy) is 3. The first kappa shape index (κ1) is 15.8. The van der Waals surface area contributed by atoms with Gasteiger partial charge < -0.3 is 19.9 Å². The van der Waals surface area contributed by atoms with E-state index in [2.05, 4.69) is 0 Å². The van der Waals surface area contributed by atoms with Gasteiger partial charge in [0.15, 0.2) is 17.6 Å². The largest absolute Gasteiger partial charge is 0.493 e. The molecule has 6 nitrogen and oxygen atoms in total. The van der Waals surface area contributed by atoms with E-state index in [0.717, 1.165) is 0 Å². The van der Waals surface area contributed by atoms with Gasteiger partial charge in [0.2, 0.25) is 0 Å². The summed E-state index contributed by atoms with van der Waals surface area (Å²) in [6, 6.07) is 4.65. The fraction of sp³-hybridized carbons (Fsp3) is 0.429. The van der Waals surface area contributed by atoms with Crippen LogP contribution in [0.15, 0.2) is 18.2 Å². The van der Waals surface area contributed by atoms with Gasteiger partial charge in [-0.1, -0.05) is 0 Å². The molecule has 1 atom stereocenters. The molecule has 0 heterocycles. The van der Waals surface area contributed by atoms with E-state index < -0.39 is 18.0 Å². The Morgan fingerprint density at radius 2 is 1.80 bits per heavy atom. The third kappa shape index (κ3) is 4.15. The summed E-state index contributed by atoms with van der Waals surface area (Å²) in [4.78, 5) is 22.7. The van der Waals surface area contributed by atoms with Crippen LogP contribution in [0.25, 0.3) is 0 Å². The molecule has 1 aromatic rings. The van der Waals surface area contributed by atoms with Crippen LogP contribution in [0.5, 0.6) is 11.5 Å². The van der Waals surface area contributed by atoms with Gasteiger partial charge in [-0.25, -0.2) is 4.79 Å². The van der Waals surface area contributed by atoms with Crippen molar-refractivity contribution in [1.29, 1.82) is 0 Å². The second-order valence-electron chi connectivity index (χ2n) is 4.48. The van der Waals surface area contributed by atoms with Crippen LogP contribution in [0.4, 0.5) is 0 Å². The average Bonchev–Trinajstić information content (AvgIpc) is 2.38. The van der Waals surface area contributed by atoms with Gasteiger partial charge in [-0.3, -0.25) is 4.79 Å². The molecule has 0 radical (unpaired) electrons. The highest BCUT2D eigenvalue weighted by Gasteiger charge is 2.18. The number of benzene rings is 1. The molecule has 20 heavy (non-hydrogen) atoms. The molecular formula is C14H19NO5. The van der Waals surface area contributed by atoms with E-state index in [1.165, 1.54) is 26.2 Å². The molecule has 0 fully saturated rings. The normalized spacial score (nSPS) is 11.8. The Morgan fingerprint density at radius 1 is 1.15 bits per heavy atom.